The van der Waals surface area contributed by atoms with E-state index in [1.165, 1.54) is 6.07 Å². The first-order valence-corrected chi connectivity index (χ1v) is 15.9. The Morgan fingerprint density at radius 2 is 1.44 bits per heavy atom. The lowest BCUT2D eigenvalue weighted by Gasteiger charge is -2.29. The van der Waals surface area contributed by atoms with Gasteiger partial charge in [0.15, 0.2) is 5.69 Å². The van der Waals surface area contributed by atoms with E-state index in [9.17, 15) is 14.7 Å². The van der Waals surface area contributed by atoms with Crippen LogP contribution in [0.15, 0.2) is 114 Å². The molecule has 1 amide bonds. The lowest BCUT2D eigenvalue weighted by Crippen LogP contribution is -2.33. The van der Waals surface area contributed by atoms with E-state index in [1.54, 1.807) is 54.4 Å². The standard InChI is InChI=1S/C37H31N3O5S.O2/c1-38-28-5-4-6-33(23-28)46-40-27-13-19-30(20-14-27)45-32-18-12-25-21-31(17-11-26(25)22-32)44-29-15-9-24(10-16-29)36(41)39-35-8-3-2-7-34(35)37(42)43;1-2/h2-12,15-18,21-23,27,30,40H,13-14,19-20H2,(H,39,41)(H,42,43);. The number of amides is 1. The highest BCUT2D eigenvalue weighted by molar-refractivity contribution is 7.97. The predicted octanol–water partition coefficient (Wildman–Crippen LogP) is 9.19. The molecule has 0 radical (unpaired) electrons. The summed E-state index contributed by atoms with van der Waals surface area (Å²) in [4.78, 5) is 42.7. The maximum Gasteiger partial charge on any atom is 0.337 e. The van der Waals surface area contributed by atoms with Crippen LogP contribution in [-0.4, -0.2) is 29.1 Å². The second-order valence-corrected chi connectivity index (χ2v) is 11.9. The van der Waals surface area contributed by atoms with E-state index < -0.39 is 11.9 Å². The second-order valence-electron chi connectivity index (χ2n) is 11.0. The molecule has 1 aliphatic carbocycles. The molecule has 0 aromatic heterocycles. The Balaban J connectivity index is 0.00000221. The van der Waals surface area contributed by atoms with Crippen molar-refractivity contribution < 1.29 is 24.2 Å². The van der Waals surface area contributed by atoms with Gasteiger partial charge in [-0.1, -0.05) is 36.4 Å². The van der Waals surface area contributed by atoms with Crippen LogP contribution in [0.5, 0.6) is 17.2 Å². The Labute approximate surface area is 281 Å². The van der Waals surface area contributed by atoms with Gasteiger partial charge in [-0.15, -0.1) is 0 Å². The van der Waals surface area contributed by atoms with Crippen LogP contribution in [-0.2, 0) is 0 Å². The van der Waals surface area contributed by atoms with Crippen molar-refractivity contribution in [3.8, 4) is 17.2 Å². The van der Waals surface area contributed by atoms with E-state index in [0.29, 0.717) is 28.8 Å². The maximum absolute atomic E-state index is 12.7. The molecule has 3 N–H and O–H groups in total. The average Bonchev–Trinajstić information content (AvgIpc) is 3.12. The number of aromatic carboxylic acids is 1. The van der Waals surface area contributed by atoms with Crippen LogP contribution >= 0.6 is 11.9 Å². The number of para-hydroxylation sites is 1. The normalized spacial score (nSPS) is 15.3. The van der Waals surface area contributed by atoms with Gasteiger partial charge in [-0.2, -0.15) is 0 Å². The Morgan fingerprint density at radius 1 is 0.771 bits per heavy atom. The van der Waals surface area contributed by atoms with Crippen LogP contribution in [0.2, 0.25) is 0 Å². The zero-order chi connectivity index (χ0) is 33.9. The number of nitrogens with one attached hydrogen (secondary N) is 2. The average molecular weight is 662 g/mol. The molecule has 10 nitrogen and oxygen atoms in total. The monoisotopic (exact) mass is 661 g/mol. The fourth-order valence-corrected chi connectivity index (χ4v) is 6.25. The van der Waals surface area contributed by atoms with E-state index in [2.05, 4.69) is 21.0 Å². The molecule has 0 aliphatic heterocycles. The minimum absolute atomic E-state index is 0.0263. The van der Waals surface area contributed by atoms with Crippen molar-refractivity contribution in [1.82, 2.24) is 4.72 Å². The van der Waals surface area contributed by atoms with Gasteiger partial charge in [-0.25, -0.2) is 9.64 Å². The quantitative estimate of drug-likeness (QED) is 0.0989. The highest BCUT2D eigenvalue weighted by Crippen LogP contribution is 2.31. The van der Waals surface area contributed by atoms with Crippen LogP contribution in [0.3, 0.4) is 0 Å². The minimum Gasteiger partial charge on any atom is -0.490 e. The second kappa shape index (κ2) is 16.2. The number of rotatable bonds is 10. The summed E-state index contributed by atoms with van der Waals surface area (Å²) in [6.07, 6.45) is 4.17. The number of carboxylic acids is 1. The molecule has 0 saturated heterocycles. The summed E-state index contributed by atoms with van der Waals surface area (Å²) in [5.74, 6) is 0.568. The van der Waals surface area contributed by atoms with Gasteiger partial charge < -0.3 is 19.9 Å². The smallest absolute Gasteiger partial charge is 0.337 e. The highest BCUT2D eigenvalue weighted by Gasteiger charge is 2.22. The van der Waals surface area contributed by atoms with Gasteiger partial charge in [0.25, 0.3) is 5.91 Å². The molecule has 1 aliphatic rings. The number of anilines is 1. The van der Waals surface area contributed by atoms with Crippen molar-refractivity contribution in [3.63, 3.8) is 0 Å². The number of benzene rings is 5. The molecule has 5 aromatic rings. The Kier molecular flexibility index (Phi) is 11.4. The van der Waals surface area contributed by atoms with Gasteiger partial charge in [0.1, 0.15) is 17.2 Å². The van der Waals surface area contributed by atoms with Gasteiger partial charge in [0, 0.05) is 26.4 Å². The lowest BCUT2D eigenvalue weighted by atomic mass is 9.93. The van der Waals surface area contributed by atoms with Gasteiger partial charge in [-0.3, -0.25) is 9.52 Å². The molecule has 0 atom stereocenters. The summed E-state index contributed by atoms with van der Waals surface area (Å²) < 4.78 is 16.0. The highest BCUT2D eigenvalue weighted by atomic mass is 32.2. The van der Waals surface area contributed by atoms with Crippen LogP contribution < -0.4 is 19.5 Å². The number of hydrogen-bond donors (Lipinski definition) is 3. The molecule has 1 saturated carbocycles. The number of nitrogens with zero attached hydrogens (tertiary/aromatic N) is 1. The number of fused-ring (bicyclic) bond motifs is 1. The Hall–Kier alpha value is -5.70. The summed E-state index contributed by atoms with van der Waals surface area (Å²) in [5.41, 5.74) is 1.30. The third kappa shape index (κ3) is 8.76. The number of carboxylic acid groups (broad SMARTS) is 1. The predicted molar refractivity (Wildman–Crippen MR) is 187 cm³/mol. The molecule has 0 spiro atoms. The fraction of sp³-hybridized carbons (Fsp3) is 0.162. The van der Waals surface area contributed by atoms with Crippen molar-refractivity contribution in [1.29, 1.82) is 0 Å². The largest absolute Gasteiger partial charge is 0.490 e. The third-order valence-electron chi connectivity index (χ3n) is 7.81. The zero-order valence-electron chi connectivity index (χ0n) is 25.6. The SMILES string of the molecule is O=O.[C-]#[N+]c1cccc(SNC2CCC(Oc3ccc4cc(Oc5ccc(C(=O)Nc6ccccc6C(=O)O)cc5)ccc4c3)CC2)c1. The summed E-state index contributed by atoms with van der Waals surface area (Å²) in [6.45, 7) is 7.19. The molecule has 5 aromatic carbocycles. The van der Waals surface area contributed by atoms with Gasteiger partial charge in [-0.05, 0) is 121 Å². The van der Waals surface area contributed by atoms with Crippen molar-refractivity contribution in [3.05, 3.63) is 142 Å². The first-order chi connectivity index (χ1) is 23.4. The van der Waals surface area contributed by atoms with Crippen LogP contribution in [0.1, 0.15) is 46.4 Å². The van der Waals surface area contributed by atoms with Gasteiger partial charge in [0.2, 0.25) is 0 Å². The molecule has 48 heavy (non-hydrogen) atoms. The molecule has 0 unspecified atom stereocenters. The zero-order valence-corrected chi connectivity index (χ0v) is 26.4. The van der Waals surface area contributed by atoms with Crippen LogP contribution in [0, 0.1) is 16.5 Å². The Morgan fingerprint density at radius 3 is 2.15 bits per heavy atom. The molecule has 1 fully saturated rings. The van der Waals surface area contributed by atoms with E-state index in [-0.39, 0.29) is 17.4 Å². The van der Waals surface area contributed by atoms with Crippen molar-refractivity contribution >= 4 is 46.0 Å². The molecule has 0 bridgehead atoms. The molecular weight excluding hydrogens is 630 g/mol. The first-order valence-electron chi connectivity index (χ1n) is 15.1. The first kappa shape index (κ1) is 33.7. The van der Waals surface area contributed by atoms with Crippen molar-refractivity contribution in [2.24, 2.45) is 0 Å². The molecule has 242 valence electrons. The van der Waals surface area contributed by atoms with Gasteiger partial charge in [0.05, 0.1) is 23.9 Å². The maximum atomic E-state index is 12.7. The number of carbonyl (C=O) groups is 2. The minimum atomic E-state index is -1.11. The van der Waals surface area contributed by atoms with Crippen molar-refractivity contribution in [2.45, 2.75) is 42.7 Å². The summed E-state index contributed by atoms with van der Waals surface area (Å²) in [5, 5.41) is 14.1. The molecule has 11 heteroatoms. The summed E-state index contributed by atoms with van der Waals surface area (Å²) in [6, 6.07) is 33.0. The van der Waals surface area contributed by atoms with E-state index in [4.69, 9.17) is 26.0 Å². The van der Waals surface area contributed by atoms with Gasteiger partial charge >= 0.3 is 5.97 Å². The molecule has 0 heterocycles. The van der Waals surface area contributed by atoms with Crippen LogP contribution in [0.4, 0.5) is 11.4 Å². The van der Waals surface area contributed by atoms with E-state index in [1.807, 2.05) is 54.6 Å². The summed E-state index contributed by atoms with van der Waals surface area (Å²) >= 11 is 1.59. The van der Waals surface area contributed by atoms with Crippen molar-refractivity contribution in [2.75, 3.05) is 5.32 Å². The topological polar surface area (TPSA) is 135 Å². The Bertz CT molecular complexity index is 1940. The number of ether oxygens (including phenoxy) is 2. The third-order valence-corrected chi connectivity index (χ3v) is 8.75. The van der Waals surface area contributed by atoms with E-state index >= 15 is 0 Å². The molecule has 6 rings (SSSR count). The number of carbonyl (C=O) groups excluding carboxylic acids is 1. The molecular formula is C37H31N3O7S. The van der Waals surface area contributed by atoms with Crippen LogP contribution in [0.25, 0.3) is 15.6 Å². The number of hydrogen-bond acceptors (Lipinski definition) is 8. The summed E-state index contributed by atoms with van der Waals surface area (Å²) in [7, 11) is 0. The fourth-order valence-electron chi connectivity index (χ4n) is 5.38. The lowest BCUT2D eigenvalue weighted by molar-refractivity contribution is 0.0698. The van der Waals surface area contributed by atoms with E-state index in [0.717, 1.165) is 47.1 Å².